The summed E-state index contributed by atoms with van der Waals surface area (Å²) >= 11 is 0. The van der Waals surface area contributed by atoms with Crippen LogP contribution in [-0.4, -0.2) is 40.0 Å². The highest BCUT2D eigenvalue weighted by Gasteiger charge is 2.20. The monoisotopic (exact) mass is 321 g/mol. The van der Waals surface area contributed by atoms with Crippen molar-refractivity contribution in [2.24, 2.45) is 0 Å². The van der Waals surface area contributed by atoms with Crippen molar-refractivity contribution in [2.45, 2.75) is 4.90 Å². The summed E-state index contributed by atoms with van der Waals surface area (Å²) in [6.45, 7) is 0.555. The van der Waals surface area contributed by atoms with Gasteiger partial charge in [-0.15, -0.1) is 0 Å². The molecule has 0 N–H and O–H groups in total. The zero-order valence-corrected chi connectivity index (χ0v) is 13.4. The van der Waals surface area contributed by atoms with Gasteiger partial charge in [0.2, 0.25) is 10.0 Å². The van der Waals surface area contributed by atoms with Gasteiger partial charge in [0.05, 0.1) is 12.0 Å². The molecule has 0 heterocycles. The molecule has 0 saturated heterocycles. The van der Waals surface area contributed by atoms with Gasteiger partial charge < -0.3 is 9.47 Å². The number of ether oxygens (including phenoxy) is 2. The predicted molar refractivity (Wildman–Crippen MR) is 84.7 cm³/mol. The fourth-order valence-electron chi connectivity index (χ4n) is 1.86. The Morgan fingerprint density at radius 2 is 1.59 bits per heavy atom. The first kappa shape index (κ1) is 16.3. The van der Waals surface area contributed by atoms with E-state index in [4.69, 9.17) is 9.47 Å². The van der Waals surface area contributed by atoms with Crippen LogP contribution in [0.1, 0.15) is 0 Å². The SMILES string of the molecule is COc1ccc(S(=O)(=O)N(C)CCOc2ccccc2)cc1. The van der Waals surface area contributed by atoms with Gasteiger partial charge in [0.25, 0.3) is 0 Å². The molecule has 0 spiro atoms. The van der Waals surface area contributed by atoms with Gasteiger partial charge >= 0.3 is 0 Å². The summed E-state index contributed by atoms with van der Waals surface area (Å²) < 4.78 is 36.6. The van der Waals surface area contributed by atoms with Gasteiger partial charge in [-0.3, -0.25) is 0 Å². The minimum absolute atomic E-state index is 0.232. The van der Waals surface area contributed by atoms with Crippen LogP contribution < -0.4 is 9.47 Å². The topological polar surface area (TPSA) is 55.8 Å². The lowest BCUT2D eigenvalue weighted by Crippen LogP contribution is -2.31. The van der Waals surface area contributed by atoms with Gasteiger partial charge in [0.15, 0.2) is 0 Å². The highest BCUT2D eigenvalue weighted by Crippen LogP contribution is 2.18. The molecule has 0 aliphatic heterocycles. The molecule has 0 unspecified atom stereocenters. The van der Waals surface area contributed by atoms with E-state index in [0.29, 0.717) is 5.75 Å². The van der Waals surface area contributed by atoms with Crippen molar-refractivity contribution < 1.29 is 17.9 Å². The fraction of sp³-hybridized carbons (Fsp3) is 0.250. The number of para-hydroxylation sites is 1. The maximum atomic E-state index is 12.4. The zero-order valence-electron chi connectivity index (χ0n) is 12.6. The van der Waals surface area contributed by atoms with E-state index in [1.54, 1.807) is 12.1 Å². The molecule has 0 radical (unpaired) electrons. The number of benzene rings is 2. The van der Waals surface area contributed by atoms with E-state index in [1.165, 1.54) is 30.6 Å². The third-order valence-electron chi connectivity index (χ3n) is 3.19. The Balaban J connectivity index is 1.96. The lowest BCUT2D eigenvalue weighted by Gasteiger charge is -2.17. The predicted octanol–water partition coefficient (Wildman–Crippen LogP) is 2.39. The molecule has 0 bridgehead atoms. The molecular formula is C16H19NO4S. The molecule has 2 aromatic carbocycles. The smallest absolute Gasteiger partial charge is 0.242 e. The molecule has 2 rings (SSSR count). The number of likely N-dealkylation sites (N-methyl/N-ethyl adjacent to an activating group) is 1. The van der Waals surface area contributed by atoms with Gasteiger partial charge in [-0.25, -0.2) is 8.42 Å². The first-order valence-corrected chi connectivity index (χ1v) is 8.26. The lowest BCUT2D eigenvalue weighted by atomic mass is 10.3. The van der Waals surface area contributed by atoms with Crippen LogP contribution in [0.2, 0.25) is 0 Å². The van der Waals surface area contributed by atoms with E-state index in [9.17, 15) is 8.42 Å². The average molecular weight is 321 g/mol. The second-order valence-electron chi connectivity index (χ2n) is 4.66. The summed E-state index contributed by atoms with van der Waals surface area (Å²) in [6, 6.07) is 15.6. The summed E-state index contributed by atoms with van der Waals surface area (Å²) in [5.74, 6) is 1.34. The van der Waals surface area contributed by atoms with E-state index in [1.807, 2.05) is 30.3 Å². The van der Waals surface area contributed by atoms with Gasteiger partial charge in [-0.1, -0.05) is 18.2 Å². The quantitative estimate of drug-likeness (QED) is 0.786. The molecule has 0 aliphatic rings. The molecule has 118 valence electrons. The molecule has 0 amide bonds. The number of hydrogen-bond donors (Lipinski definition) is 0. The number of rotatable bonds is 7. The number of sulfonamides is 1. The first-order chi connectivity index (χ1) is 10.5. The van der Waals surface area contributed by atoms with E-state index < -0.39 is 10.0 Å². The highest BCUT2D eigenvalue weighted by atomic mass is 32.2. The van der Waals surface area contributed by atoms with Crippen LogP contribution in [-0.2, 0) is 10.0 Å². The van der Waals surface area contributed by atoms with Gasteiger partial charge in [-0.2, -0.15) is 4.31 Å². The van der Waals surface area contributed by atoms with Crippen molar-refractivity contribution in [3.05, 3.63) is 54.6 Å². The lowest BCUT2D eigenvalue weighted by molar-refractivity contribution is 0.287. The summed E-state index contributed by atoms with van der Waals surface area (Å²) in [7, 11) is -0.447. The average Bonchev–Trinajstić information content (AvgIpc) is 2.55. The Labute approximate surface area is 131 Å². The molecule has 0 fully saturated rings. The van der Waals surface area contributed by atoms with Crippen LogP contribution in [0.15, 0.2) is 59.5 Å². The Kier molecular flexibility index (Phi) is 5.41. The Bertz CT molecular complexity index is 684. The normalized spacial score (nSPS) is 11.4. The third kappa shape index (κ3) is 3.99. The summed E-state index contributed by atoms with van der Waals surface area (Å²) in [4.78, 5) is 0.232. The maximum Gasteiger partial charge on any atom is 0.242 e. The van der Waals surface area contributed by atoms with Crippen LogP contribution in [0.25, 0.3) is 0 Å². The number of nitrogens with zero attached hydrogens (tertiary/aromatic N) is 1. The minimum atomic E-state index is -3.52. The van der Waals surface area contributed by atoms with Crippen LogP contribution in [0.4, 0.5) is 0 Å². The first-order valence-electron chi connectivity index (χ1n) is 6.82. The molecule has 5 nitrogen and oxygen atoms in total. The second kappa shape index (κ2) is 7.29. The van der Waals surface area contributed by atoms with Crippen molar-refractivity contribution in [1.29, 1.82) is 0 Å². The standard InChI is InChI=1S/C16H19NO4S/c1-17(12-13-21-15-6-4-3-5-7-15)22(18,19)16-10-8-14(20-2)9-11-16/h3-11H,12-13H2,1-2H3. The van der Waals surface area contributed by atoms with Crippen molar-refractivity contribution in [3.63, 3.8) is 0 Å². The van der Waals surface area contributed by atoms with Gasteiger partial charge in [0, 0.05) is 13.6 Å². The zero-order chi connectivity index (χ0) is 16.0. The van der Waals surface area contributed by atoms with Gasteiger partial charge in [0.1, 0.15) is 18.1 Å². The molecule has 6 heteroatoms. The van der Waals surface area contributed by atoms with Crippen LogP contribution in [0, 0.1) is 0 Å². The van der Waals surface area contributed by atoms with Crippen LogP contribution >= 0.6 is 0 Å². The van der Waals surface area contributed by atoms with Crippen molar-refractivity contribution in [2.75, 3.05) is 27.3 Å². The van der Waals surface area contributed by atoms with E-state index in [2.05, 4.69) is 0 Å². The van der Waals surface area contributed by atoms with Gasteiger partial charge in [-0.05, 0) is 36.4 Å². The van der Waals surface area contributed by atoms with Crippen molar-refractivity contribution in [1.82, 2.24) is 4.31 Å². The Morgan fingerprint density at radius 3 is 2.18 bits per heavy atom. The van der Waals surface area contributed by atoms with Crippen LogP contribution in [0.3, 0.4) is 0 Å². The maximum absolute atomic E-state index is 12.4. The van der Waals surface area contributed by atoms with E-state index in [-0.39, 0.29) is 18.0 Å². The molecule has 2 aromatic rings. The summed E-state index contributed by atoms with van der Waals surface area (Å²) in [5.41, 5.74) is 0. The van der Waals surface area contributed by atoms with E-state index in [0.717, 1.165) is 5.75 Å². The fourth-order valence-corrected chi connectivity index (χ4v) is 3.01. The highest BCUT2D eigenvalue weighted by molar-refractivity contribution is 7.89. The second-order valence-corrected chi connectivity index (χ2v) is 6.71. The number of hydrogen-bond acceptors (Lipinski definition) is 4. The Morgan fingerprint density at radius 1 is 0.955 bits per heavy atom. The molecule has 0 saturated carbocycles. The molecule has 0 atom stereocenters. The van der Waals surface area contributed by atoms with E-state index >= 15 is 0 Å². The molecular weight excluding hydrogens is 302 g/mol. The third-order valence-corrected chi connectivity index (χ3v) is 5.06. The Hall–Kier alpha value is -2.05. The minimum Gasteiger partial charge on any atom is -0.497 e. The molecule has 0 aliphatic carbocycles. The summed E-state index contributed by atoms with van der Waals surface area (Å²) in [5, 5.41) is 0. The van der Waals surface area contributed by atoms with Crippen LogP contribution in [0.5, 0.6) is 11.5 Å². The number of methoxy groups -OCH3 is 1. The molecule has 0 aromatic heterocycles. The largest absolute Gasteiger partial charge is 0.497 e. The van der Waals surface area contributed by atoms with Crippen molar-refractivity contribution in [3.8, 4) is 11.5 Å². The van der Waals surface area contributed by atoms with Crippen molar-refractivity contribution >= 4 is 10.0 Å². The summed E-state index contributed by atoms with van der Waals surface area (Å²) in [6.07, 6.45) is 0. The molecule has 22 heavy (non-hydrogen) atoms.